The van der Waals surface area contributed by atoms with Crippen molar-refractivity contribution in [3.05, 3.63) is 0 Å². The van der Waals surface area contributed by atoms with Crippen molar-refractivity contribution in [3.63, 3.8) is 0 Å². The molecule has 116 valence electrons. The van der Waals surface area contributed by atoms with Crippen molar-refractivity contribution in [1.29, 1.82) is 0 Å². The van der Waals surface area contributed by atoms with Gasteiger partial charge in [0, 0.05) is 26.1 Å². The quantitative estimate of drug-likeness (QED) is 0.787. The summed E-state index contributed by atoms with van der Waals surface area (Å²) in [5, 5.41) is 11.7. The van der Waals surface area contributed by atoms with Gasteiger partial charge in [-0.2, -0.15) is 0 Å². The second-order valence-corrected chi connectivity index (χ2v) is 6.27. The zero-order chi connectivity index (χ0) is 15.1. The SMILES string of the molecule is CC(C)C(C)CNC(=O)N1CCC(CCC(=O)O)CC1. The largest absolute Gasteiger partial charge is 0.481 e. The van der Waals surface area contributed by atoms with Gasteiger partial charge in [-0.3, -0.25) is 4.79 Å². The molecule has 1 heterocycles. The van der Waals surface area contributed by atoms with Crippen LogP contribution in [-0.2, 0) is 4.79 Å². The number of amides is 2. The maximum atomic E-state index is 12.0. The van der Waals surface area contributed by atoms with Crippen LogP contribution in [0.5, 0.6) is 0 Å². The number of urea groups is 1. The van der Waals surface area contributed by atoms with Crippen molar-refractivity contribution in [2.24, 2.45) is 17.8 Å². The fourth-order valence-corrected chi connectivity index (χ4v) is 2.35. The molecule has 20 heavy (non-hydrogen) atoms. The van der Waals surface area contributed by atoms with Gasteiger partial charge < -0.3 is 15.3 Å². The van der Waals surface area contributed by atoms with Gasteiger partial charge in [0.2, 0.25) is 0 Å². The van der Waals surface area contributed by atoms with Crippen LogP contribution in [0.2, 0.25) is 0 Å². The Morgan fingerprint density at radius 1 is 1.25 bits per heavy atom. The van der Waals surface area contributed by atoms with Crippen molar-refractivity contribution in [2.45, 2.75) is 46.5 Å². The van der Waals surface area contributed by atoms with Gasteiger partial charge in [0.1, 0.15) is 0 Å². The summed E-state index contributed by atoms with van der Waals surface area (Å²) < 4.78 is 0. The summed E-state index contributed by atoms with van der Waals surface area (Å²) in [5.74, 6) is 0.765. The highest BCUT2D eigenvalue weighted by Gasteiger charge is 2.23. The number of rotatable bonds is 6. The van der Waals surface area contributed by atoms with Gasteiger partial charge in [0.05, 0.1) is 0 Å². The van der Waals surface area contributed by atoms with E-state index >= 15 is 0 Å². The molecule has 0 aromatic rings. The number of nitrogens with zero attached hydrogens (tertiary/aromatic N) is 1. The molecule has 1 saturated heterocycles. The molecule has 1 atom stereocenters. The van der Waals surface area contributed by atoms with E-state index < -0.39 is 5.97 Å². The van der Waals surface area contributed by atoms with Crippen LogP contribution in [0.1, 0.15) is 46.5 Å². The van der Waals surface area contributed by atoms with Gasteiger partial charge >= 0.3 is 12.0 Å². The lowest BCUT2D eigenvalue weighted by atomic mass is 9.92. The Labute approximate surface area is 121 Å². The van der Waals surface area contributed by atoms with Crippen molar-refractivity contribution < 1.29 is 14.7 Å². The highest BCUT2D eigenvalue weighted by molar-refractivity contribution is 5.74. The fraction of sp³-hybridized carbons (Fsp3) is 0.867. The van der Waals surface area contributed by atoms with E-state index in [-0.39, 0.29) is 12.5 Å². The van der Waals surface area contributed by atoms with Crippen LogP contribution in [-0.4, -0.2) is 41.6 Å². The van der Waals surface area contributed by atoms with Gasteiger partial charge in [-0.25, -0.2) is 4.79 Å². The smallest absolute Gasteiger partial charge is 0.317 e. The second-order valence-electron chi connectivity index (χ2n) is 6.27. The summed E-state index contributed by atoms with van der Waals surface area (Å²) >= 11 is 0. The van der Waals surface area contributed by atoms with Gasteiger partial charge in [-0.1, -0.05) is 20.8 Å². The molecular weight excluding hydrogens is 256 g/mol. The van der Waals surface area contributed by atoms with Crippen molar-refractivity contribution in [3.8, 4) is 0 Å². The van der Waals surface area contributed by atoms with E-state index in [0.717, 1.165) is 38.9 Å². The molecule has 1 aliphatic heterocycles. The van der Waals surface area contributed by atoms with Gasteiger partial charge in [-0.05, 0) is 37.0 Å². The monoisotopic (exact) mass is 284 g/mol. The van der Waals surface area contributed by atoms with E-state index in [1.807, 2.05) is 4.90 Å². The van der Waals surface area contributed by atoms with E-state index in [1.165, 1.54) is 0 Å². The Hall–Kier alpha value is -1.26. The molecule has 0 aromatic carbocycles. The third-order valence-corrected chi connectivity index (χ3v) is 4.38. The average molecular weight is 284 g/mol. The Morgan fingerprint density at radius 2 is 1.85 bits per heavy atom. The summed E-state index contributed by atoms with van der Waals surface area (Å²) in [6, 6.07) is 0.0224. The molecule has 1 unspecified atom stereocenters. The lowest BCUT2D eigenvalue weighted by Gasteiger charge is -2.32. The second kappa shape index (κ2) is 8.12. The fourth-order valence-electron chi connectivity index (χ4n) is 2.35. The minimum Gasteiger partial charge on any atom is -0.481 e. The molecule has 1 aliphatic rings. The number of carbonyl (C=O) groups excluding carboxylic acids is 1. The molecule has 0 aliphatic carbocycles. The number of piperidine rings is 1. The summed E-state index contributed by atoms with van der Waals surface area (Å²) in [6.45, 7) is 8.66. The molecule has 1 fully saturated rings. The van der Waals surface area contributed by atoms with E-state index in [1.54, 1.807) is 0 Å². The molecule has 0 radical (unpaired) electrons. The van der Waals surface area contributed by atoms with E-state index in [9.17, 15) is 9.59 Å². The Balaban J connectivity index is 2.23. The summed E-state index contributed by atoms with van der Waals surface area (Å²) in [5.41, 5.74) is 0. The number of carboxylic acids is 1. The number of likely N-dealkylation sites (tertiary alicyclic amines) is 1. The number of aliphatic carboxylic acids is 1. The molecule has 1 rings (SSSR count). The van der Waals surface area contributed by atoms with Crippen LogP contribution in [0.3, 0.4) is 0 Å². The molecule has 2 amide bonds. The third-order valence-electron chi connectivity index (χ3n) is 4.38. The van der Waals surface area contributed by atoms with E-state index in [4.69, 9.17) is 5.11 Å². The normalized spacial score (nSPS) is 18.1. The molecule has 0 saturated carbocycles. The molecule has 0 spiro atoms. The lowest BCUT2D eigenvalue weighted by molar-refractivity contribution is -0.137. The number of nitrogens with one attached hydrogen (secondary N) is 1. The first-order valence-electron chi connectivity index (χ1n) is 7.64. The molecular formula is C15H28N2O3. The van der Waals surface area contributed by atoms with Gasteiger partial charge in [0.15, 0.2) is 0 Å². The molecule has 0 aromatic heterocycles. The molecule has 5 nitrogen and oxygen atoms in total. The van der Waals surface area contributed by atoms with Crippen LogP contribution in [0, 0.1) is 17.8 Å². The highest BCUT2D eigenvalue weighted by Crippen LogP contribution is 2.21. The molecule has 5 heteroatoms. The van der Waals surface area contributed by atoms with Crippen molar-refractivity contribution in [1.82, 2.24) is 10.2 Å². The first-order chi connectivity index (χ1) is 9.40. The minimum absolute atomic E-state index is 0.0224. The Morgan fingerprint density at radius 3 is 2.35 bits per heavy atom. The van der Waals surface area contributed by atoms with Crippen LogP contribution in [0.25, 0.3) is 0 Å². The van der Waals surface area contributed by atoms with E-state index in [0.29, 0.717) is 17.8 Å². The van der Waals surface area contributed by atoms with Crippen LogP contribution in [0.15, 0.2) is 0 Å². The topological polar surface area (TPSA) is 69.6 Å². The van der Waals surface area contributed by atoms with Crippen molar-refractivity contribution in [2.75, 3.05) is 19.6 Å². The maximum Gasteiger partial charge on any atom is 0.317 e. The Bertz CT molecular complexity index is 323. The van der Waals surface area contributed by atoms with Crippen LogP contribution >= 0.6 is 0 Å². The summed E-state index contributed by atoms with van der Waals surface area (Å²) in [7, 11) is 0. The highest BCUT2D eigenvalue weighted by atomic mass is 16.4. The third kappa shape index (κ3) is 5.80. The lowest BCUT2D eigenvalue weighted by Crippen LogP contribution is -2.45. The molecule has 0 bridgehead atoms. The Kier molecular flexibility index (Phi) is 6.82. The number of hydrogen-bond donors (Lipinski definition) is 2. The van der Waals surface area contributed by atoms with Crippen LogP contribution < -0.4 is 5.32 Å². The number of hydrogen-bond acceptors (Lipinski definition) is 2. The minimum atomic E-state index is -0.729. The summed E-state index contributed by atoms with van der Waals surface area (Å²) in [4.78, 5) is 24.4. The van der Waals surface area contributed by atoms with Crippen LogP contribution in [0.4, 0.5) is 4.79 Å². The van der Waals surface area contributed by atoms with Gasteiger partial charge in [0.25, 0.3) is 0 Å². The van der Waals surface area contributed by atoms with Gasteiger partial charge in [-0.15, -0.1) is 0 Å². The average Bonchev–Trinajstić information content (AvgIpc) is 2.42. The first-order valence-corrected chi connectivity index (χ1v) is 7.64. The predicted octanol–water partition coefficient (Wildman–Crippen LogP) is 2.56. The zero-order valence-corrected chi connectivity index (χ0v) is 12.9. The first kappa shape index (κ1) is 16.8. The molecule has 2 N–H and O–H groups in total. The predicted molar refractivity (Wildman–Crippen MR) is 78.6 cm³/mol. The number of carbonyl (C=O) groups is 2. The maximum absolute atomic E-state index is 12.0. The zero-order valence-electron chi connectivity index (χ0n) is 12.9. The number of carboxylic acid groups (broad SMARTS) is 1. The van der Waals surface area contributed by atoms with E-state index in [2.05, 4.69) is 26.1 Å². The standard InChI is InChI=1S/C15H28N2O3/c1-11(2)12(3)10-16-15(20)17-8-6-13(7-9-17)4-5-14(18)19/h11-13H,4-10H2,1-3H3,(H,16,20)(H,18,19). The van der Waals surface area contributed by atoms with Crippen molar-refractivity contribution >= 4 is 12.0 Å². The summed E-state index contributed by atoms with van der Waals surface area (Å²) in [6.07, 6.45) is 2.80.